The van der Waals surface area contributed by atoms with Crippen LogP contribution in [-0.4, -0.2) is 18.6 Å². The molecule has 0 aliphatic rings. The number of nitrogens with two attached hydrogens (primary N) is 1. The lowest BCUT2D eigenvalue weighted by Crippen LogP contribution is -2.34. The SMILES string of the molecule is C=CCOC(=O)C(N)Cc1ccc(F)cc1.Cl. The minimum atomic E-state index is -0.731. The molecule has 1 atom stereocenters. The topological polar surface area (TPSA) is 52.3 Å². The number of hydrogen-bond donors (Lipinski definition) is 1. The van der Waals surface area contributed by atoms with Crippen molar-refractivity contribution in [3.05, 3.63) is 48.3 Å². The second kappa shape index (κ2) is 7.81. The summed E-state index contributed by atoms with van der Waals surface area (Å²) in [6.45, 7) is 3.57. The number of carbonyl (C=O) groups excluding carboxylic acids is 1. The van der Waals surface area contributed by atoms with E-state index in [-0.39, 0.29) is 24.8 Å². The highest BCUT2D eigenvalue weighted by atomic mass is 35.5. The molecule has 0 bridgehead atoms. The zero-order valence-corrected chi connectivity index (χ0v) is 10.1. The van der Waals surface area contributed by atoms with Gasteiger partial charge >= 0.3 is 5.97 Å². The number of carbonyl (C=O) groups is 1. The van der Waals surface area contributed by atoms with Crippen LogP contribution in [0.15, 0.2) is 36.9 Å². The lowest BCUT2D eigenvalue weighted by atomic mass is 10.1. The molecule has 1 aromatic rings. The largest absolute Gasteiger partial charge is 0.460 e. The minimum Gasteiger partial charge on any atom is -0.460 e. The van der Waals surface area contributed by atoms with E-state index in [1.807, 2.05) is 0 Å². The Hall–Kier alpha value is -1.39. The molecule has 0 aliphatic carbocycles. The molecule has 1 aromatic carbocycles. The Kier molecular flexibility index (Phi) is 7.18. The summed E-state index contributed by atoms with van der Waals surface area (Å²) in [4.78, 5) is 11.3. The molecule has 17 heavy (non-hydrogen) atoms. The molecule has 1 unspecified atom stereocenters. The fourth-order valence-electron chi connectivity index (χ4n) is 1.21. The van der Waals surface area contributed by atoms with E-state index in [1.54, 1.807) is 12.1 Å². The van der Waals surface area contributed by atoms with Gasteiger partial charge in [0.2, 0.25) is 0 Å². The third-order valence-electron chi connectivity index (χ3n) is 2.02. The molecular formula is C12H15ClFNO2. The van der Waals surface area contributed by atoms with Crippen LogP contribution in [0.1, 0.15) is 5.56 Å². The van der Waals surface area contributed by atoms with E-state index in [2.05, 4.69) is 6.58 Å². The Morgan fingerprint density at radius 3 is 2.59 bits per heavy atom. The van der Waals surface area contributed by atoms with Gasteiger partial charge in [0.25, 0.3) is 0 Å². The van der Waals surface area contributed by atoms with Crippen molar-refractivity contribution in [2.24, 2.45) is 5.73 Å². The maximum atomic E-state index is 12.6. The highest BCUT2D eigenvalue weighted by Gasteiger charge is 2.14. The van der Waals surface area contributed by atoms with Gasteiger partial charge in [-0.05, 0) is 24.1 Å². The summed E-state index contributed by atoms with van der Waals surface area (Å²) in [6, 6.07) is 5.12. The van der Waals surface area contributed by atoms with Crippen molar-refractivity contribution >= 4 is 18.4 Å². The number of rotatable bonds is 5. The summed E-state index contributed by atoms with van der Waals surface area (Å²) in [6.07, 6.45) is 1.80. The fraction of sp³-hybridized carbons (Fsp3) is 0.250. The molecule has 5 heteroatoms. The van der Waals surface area contributed by atoms with Gasteiger partial charge in [-0.25, -0.2) is 4.39 Å². The van der Waals surface area contributed by atoms with E-state index in [1.165, 1.54) is 18.2 Å². The summed E-state index contributed by atoms with van der Waals surface area (Å²) in [5, 5.41) is 0. The van der Waals surface area contributed by atoms with Crippen molar-refractivity contribution in [2.75, 3.05) is 6.61 Å². The smallest absolute Gasteiger partial charge is 0.323 e. The monoisotopic (exact) mass is 259 g/mol. The summed E-state index contributed by atoms with van der Waals surface area (Å²) < 4.78 is 17.4. The lowest BCUT2D eigenvalue weighted by Gasteiger charge is -2.10. The van der Waals surface area contributed by atoms with Crippen molar-refractivity contribution in [3.63, 3.8) is 0 Å². The second-order valence-electron chi connectivity index (χ2n) is 3.36. The number of hydrogen-bond acceptors (Lipinski definition) is 3. The number of benzene rings is 1. The molecule has 0 spiro atoms. The summed E-state index contributed by atoms with van der Waals surface area (Å²) in [7, 11) is 0. The highest BCUT2D eigenvalue weighted by molar-refractivity contribution is 5.85. The minimum absolute atomic E-state index is 0. The molecule has 0 radical (unpaired) electrons. The zero-order chi connectivity index (χ0) is 12.0. The zero-order valence-electron chi connectivity index (χ0n) is 9.27. The van der Waals surface area contributed by atoms with Gasteiger partial charge in [0.1, 0.15) is 18.5 Å². The van der Waals surface area contributed by atoms with Crippen LogP contribution in [0.4, 0.5) is 4.39 Å². The third-order valence-corrected chi connectivity index (χ3v) is 2.02. The predicted molar refractivity (Wildman–Crippen MR) is 66.5 cm³/mol. The van der Waals surface area contributed by atoms with Crippen LogP contribution in [0, 0.1) is 5.82 Å². The molecule has 0 aromatic heterocycles. The quantitative estimate of drug-likeness (QED) is 0.649. The van der Waals surface area contributed by atoms with Gasteiger partial charge in [0, 0.05) is 0 Å². The number of esters is 1. The van der Waals surface area contributed by atoms with Gasteiger partial charge in [-0.3, -0.25) is 4.79 Å². The normalized spacial score (nSPS) is 11.2. The van der Waals surface area contributed by atoms with Crippen molar-refractivity contribution in [1.29, 1.82) is 0 Å². The molecule has 1 rings (SSSR count). The molecule has 0 saturated heterocycles. The van der Waals surface area contributed by atoms with Gasteiger partial charge in [-0.2, -0.15) is 0 Å². The van der Waals surface area contributed by atoms with Crippen LogP contribution in [0.2, 0.25) is 0 Å². The number of halogens is 2. The van der Waals surface area contributed by atoms with Crippen molar-refractivity contribution in [1.82, 2.24) is 0 Å². The van der Waals surface area contributed by atoms with Gasteiger partial charge in [0.05, 0.1) is 0 Å². The molecule has 0 fully saturated rings. The van der Waals surface area contributed by atoms with Crippen molar-refractivity contribution in [3.8, 4) is 0 Å². The van der Waals surface area contributed by atoms with Gasteiger partial charge in [-0.1, -0.05) is 24.8 Å². The first-order chi connectivity index (χ1) is 7.63. The van der Waals surface area contributed by atoms with Crippen LogP contribution in [0.5, 0.6) is 0 Å². The average Bonchev–Trinajstić information content (AvgIpc) is 2.29. The average molecular weight is 260 g/mol. The standard InChI is InChI=1S/C12H14FNO2.ClH/c1-2-7-16-12(15)11(14)8-9-3-5-10(13)6-4-9;/h2-6,11H,1,7-8,14H2;1H. The lowest BCUT2D eigenvalue weighted by molar-refractivity contribution is -0.143. The van der Waals surface area contributed by atoms with Crippen molar-refractivity contribution in [2.45, 2.75) is 12.5 Å². The first kappa shape index (κ1) is 15.6. The van der Waals surface area contributed by atoms with E-state index in [4.69, 9.17) is 10.5 Å². The second-order valence-corrected chi connectivity index (χ2v) is 3.36. The summed E-state index contributed by atoms with van der Waals surface area (Å²) in [5.74, 6) is -0.796. The summed E-state index contributed by atoms with van der Waals surface area (Å²) in [5.41, 5.74) is 6.42. The van der Waals surface area contributed by atoms with E-state index in [0.717, 1.165) is 5.56 Å². The summed E-state index contributed by atoms with van der Waals surface area (Å²) >= 11 is 0. The third kappa shape index (κ3) is 5.47. The Morgan fingerprint density at radius 1 is 1.47 bits per heavy atom. The maximum absolute atomic E-state index is 12.6. The molecule has 3 nitrogen and oxygen atoms in total. The van der Waals surface area contributed by atoms with Crippen LogP contribution in [0.25, 0.3) is 0 Å². The van der Waals surface area contributed by atoms with E-state index >= 15 is 0 Å². The first-order valence-corrected chi connectivity index (χ1v) is 4.91. The van der Waals surface area contributed by atoms with Crippen LogP contribution in [-0.2, 0) is 16.0 Å². The van der Waals surface area contributed by atoms with E-state index < -0.39 is 12.0 Å². The van der Waals surface area contributed by atoms with Crippen LogP contribution in [0.3, 0.4) is 0 Å². The Morgan fingerprint density at radius 2 is 2.06 bits per heavy atom. The van der Waals surface area contributed by atoms with Gasteiger partial charge in [-0.15, -0.1) is 12.4 Å². The van der Waals surface area contributed by atoms with Crippen LogP contribution >= 0.6 is 12.4 Å². The Balaban J connectivity index is 0.00000256. The Labute approximate surface area is 106 Å². The van der Waals surface area contributed by atoms with Gasteiger partial charge in [0.15, 0.2) is 0 Å². The molecule has 0 aliphatic heterocycles. The predicted octanol–water partition coefficient (Wildman–Crippen LogP) is 1.85. The van der Waals surface area contributed by atoms with Crippen LogP contribution < -0.4 is 5.73 Å². The molecule has 0 amide bonds. The molecular weight excluding hydrogens is 245 g/mol. The van der Waals surface area contributed by atoms with E-state index in [9.17, 15) is 9.18 Å². The Bertz CT molecular complexity index is 367. The maximum Gasteiger partial charge on any atom is 0.323 e. The van der Waals surface area contributed by atoms with Crippen molar-refractivity contribution < 1.29 is 13.9 Å². The van der Waals surface area contributed by atoms with E-state index in [0.29, 0.717) is 6.42 Å². The number of ether oxygens (including phenoxy) is 1. The molecule has 0 saturated carbocycles. The first-order valence-electron chi connectivity index (χ1n) is 4.91. The highest BCUT2D eigenvalue weighted by Crippen LogP contribution is 2.05. The molecule has 0 heterocycles. The molecule has 94 valence electrons. The molecule has 2 N–H and O–H groups in total. The van der Waals surface area contributed by atoms with Gasteiger partial charge < -0.3 is 10.5 Å². The fourth-order valence-corrected chi connectivity index (χ4v) is 1.21.